The molecule has 0 aliphatic rings. The highest BCUT2D eigenvalue weighted by molar-refractivity contribution is 5.95. The van der Waals surface area contributed by atoms with E-state index in [1.165, 1.54) is 6.08 Å². The molecule has 31 heavy (non-hydrogen) atoms. The number of ether oxygens (including phenoxy) is 1. The molecule has 0 fully saturated rings. The first-order valence-electron chi connectivity index (χ1n) is 10.7. The molecule has 0 aliphatic heterocycles. The Morgan fingerprint density at radius 3 is 2.61 bits per heavy atom. The second kappa shape index (κ2) is 10.8. The molecule has 1 N–H and O–H groups in total. The number of hydrogen-bond donors (Lipinski definition) is 1. The Kier molecular flexibility index (Phi) is 8.43. The van der Waals surface area contributed by atoms with Crippen LogP contribution >= 0.6 is 0 Å². The minimum absolute atomic E-state index is 0.178. The zero-order chi connectivity index (χ0) is 23.0. The predicted octanol–water partition coefficient (Wildman–Crippen LogP) is 6.87. The van der Waals surface area contributed by atoms with Crippen LogP contribution in [0.25, 0.3) is 0 Å². The van der Waals surface area contributed by atoms with Crippen molar-refractivity contribution >= 4 is 5.71 Å². The fourth-order valence-corrected chi connectivity index (χ4v) is 3.07. The SMILES string of the molecule is C=C(/C=C(O)\N=C(/C)c1ncc(C(C)(C)c2ccccc2)o1)O[C@@H](C)C(=C)CCCC. The van der Waals surface area contributed by atoms with Crippen molar-refractivity contribution in [3.8, 4) is 0 Å². The molecule has 0 unspecified atom stereocenters. The maximum absolute atomic E-state index is 10.2. The third-order valence-corrected chi connectivity index (χ3v) is 5.25. The summed E-state index contributed by atoms with van der Waals surface area (Å²) in [4.78, 5) is 8.51. The van der Waals surface area contributed by atoms with E-state index in [0.717, 1.165) is 36.2 Å². The van der Waals surface area contributed by atoms with Crippen LogP contribution in [0.5, 0.6) is 0 Å². The fourth-order valence-electron chi connectivity index (χ4n) is 3.07. The molecular weight excluding hydrogens is 388 g/mol. The standard InChI is InChI=1S/C26H34N2O3/c1-8-9-13-18(2)21(5)30-19(3)16-24(29)28-20(4)25-27-17-23(31-25)26(6,7)22-14-11-10-12-15-22/h10-12,14-17,21,29H,2-3,8-9,13H2,1,4-7H3/b24-16+,28-20+/t21-/m0/s1. The lowest BCUT2D eigenvalue weighted by molar-refractivity contribution is 0.167. The van der Waals surface area contributed by atoms with E-state index in [1.54, 1.807) is 13.1 Å². The molecule has 1 aromatic carbocycles. The normalized spacial score (nSPS) is 13.7. The first kappa shape index (κ1) is 24.2. The predicted molar refractivity (Wildman–Crippen MR) is 126 cm³/mol. The molecule has 0 bridgehead atoms. The molecule has 5 nitrogen and oxygen atoms in total. The van der Waals surface area contributed by atoms with Gasteiger partial charge in [0.25, 0.3) is 0 Å². The number of oxazole rings is 1. The number of unbranched alkanes of at least 4 members (excludes halogenated alkanes) is 1. The monoisotopic (exact) mass is 422 g/mol. The maximum atomic E-state index is 10.2. The molecule has 0 saturated heterocycles. The van der Waals surface area contributed by atoms with Gasteiger partial charge in [-0.15, -0.1) is 0 Å². The minimum Gasteiger partial charge on any atom is -0.493 e. The Balaban J connectivity index is 2.07. The van der Waals surface area contributed by atoms with Crippen LogP contribution in [0.4, 0.5) is 0 Å². The van der Waals surface area contributed by atoms with E-state index in [4.69, 9.17) is 9.15 Å². The summed E-state index contributed by atoms with van der Waals surface area (Å²) >= 11 is 0. The second-order valence-electron chi connectivity index (χ2n) is 8.21. The molecule has 1 aromatic heterocycles. The largest absolute Gasteiger partial charge is 0.493 e. The van der Waals surface area contributed by atoms with Gasteiger partial charge in [-0.1, -0.05) is 56.8 Å². The summed E-state index contributed by atoms with van der Waals surface area (Å²) < 4.78 is 11.7. The van der Waals surface area contributed by atoms with Crippen LogP contribution in [0.15, 0.2) is 82.4 Å². The van der Waals surface area contributed by atoms with Gasteiger partial charge in [-0.3, -0.25) is 0 Å². The van der Waals surface area contributed by atoms with Crippen molar-refractivity contribution in [2.75, 3.05) is 0 Å². The van der Waals surface area contributed by atoms with E-state index >= 15 is 0 Å². The Morgan fingerprint density at radius 2 is 1.97 bits per heavy atom. The number of benzene rings is 1. The molecule has 1 heterocycles. The minimum atomic E-state index is -0.344. The third-order valence-electron chi connectivity index (χ3n) is 5.25. The van der Waals surface area contributed by atoms with Crippen LogP contribution in [0.2, 0.25) is 0 Å². The summed E-state index contributed by atoms with van der Waals surface area (Å²) in [6, 6.07) is 10.1. The van der Waals surface area contributed by atoms with Gasteiger partial charge >= 0.3 is 0 Å². The van der Waals surface area contributed by atoms with Gasteiger partial charge in [-0.25, -0.2) is 9.98 Å². The summed E-state index contributed by atoms with van der Waals surface area (Å²) in [5.74, 6) is 1.17. The fraction of sp³-hybridized carbons (Fsp3) is 0.385. The Morgan fingerprint density at radius 1 is 1.29 bits per heavy atom. The van der Waals surface area contributed by atoms with E-state index < -0.39 is 0 Å². The first-order chi connectivity index (χ1) is 14.6. The second-order valence-corrected chi connectivity index (χ2v) is 8.21. The van der Waals surface area contributed by atoms with E-state index in [1.807, 2.05) is 25.1 Å². The molecule has 0 aliphatic carbocycles. The number of aliphatic hydroxyl groups excluding tert-OH is 1. The number of hydrogen-bond acceptors (Lipinski definition) is 5. The van der Waals surface area contributed by atoms with E-state index in [0.29, 0.717) is 17.4 Å². The average Bonchev–Trinajstić information content (AvgIpc) is 3.23. The average molecular weight is 423 g/mol. The highest BCUT2D eigenvalue weighted by Gasteiger charge is 2.27. The lowest BCUT2D eigenvalue weighted by Gasteiger charge is -2.21. The van der Waals surface area contributed by atoms with Crippen LogP contribution in [0, 0.1) is 0 Å². The number of aliphatic hydroxyl groups is 1. The highest BCUT2D eigenvalue weighted by atomic mass is 16.5. The molecule has 0 amide bonds. The Labute approximate surface area is 185 Å². The summed E-state index contributed by atoms with van der Waals surface area (Å²) in [7, 11) is 0. The smallest absolute Gasteiger partial charge is 0.240 e. The van der Waals surface area contributed by atoms with E-state index in [2.05, 4.69) is 56.0 Å². The zero-order valence-electron chi connectivity index (χ0n) is 19.3. The molecular formula is C26H34N2O3. The van der Waals surface area contributed by atoms with Gasteiger partial charge in [0.15, 0.2) is 0 Å². The van der Waals surface area contributed by atoms with Gasteiger partial charge in [0.05, 0.1) is 6.20 Å². The summed E-state index contributed by atoms with van der Waals surface area (Å²) in [5.41, 5.74) is 2.24. The summed E-state index contributed by atoms with van der Waals surface area (Å²) in [6.07, 6.45) is 5.99. The van der Waals surface area contributed by atoms with E-state index in [9.17, 15) is 5.11 Å². The third kappa shape index (κ3) is 6.71. The lowest BCUT2D eigenvalue weighted by Crippen LogP contribution is -2.17. The maximum Gasteiger partial charge on any atom is 0.240 e. The van der Waals surface area contributed by atoms with Gasteiger partial charge in [0.2, 0.25) is 11.8 Å². The lowest BCUT2D eigenvalue weighted by atomic mass is 9.83. The molecule has 0 spiro atoms. The number of allylic oxidation sites excluding steroid dienone is 1. The van der Waals surface area contributed by atoms with Crippen LogP contribution < -0.4 is 0 Å². The van der Waals surface area contributed by atoms with Crippen LogP contribution in [-0.2, 0) is 10.2 Å². The summed E-state index contributed by atoms with van der Waals surface area (Å²) in [5, 5.41) is 10.2. The quantitative estimate of drug-likeness (QED) is 0.186. The Bertz CT molecular complexity index is 952. The highest BCUT2D eigenvalue weighted by Crippen LogP contribution is 2.31. The molecule has 5 heteroatoms. The molecule has 2 rings (SSSR count). The number of aromatic nitrogens is 1. The van der Waals surface area contributed by atoms with Crippen molar-refractivity contribution < 1.29 is 14.3 Å². The Hall–Kier alpha value is -3.08. The van der Waals surface area contributed by atoms with Crippen LogP contribution in [0.1, 0.15) is 71.1 Å². The molecule has 0 radical (unpaired) electrons. The first-order valence-corrected chi connectivity index (χ1v) is 10.7. The van der Waals surface area contributed by atoms with Gasteiger partial charge in [0, 0.05) is 11.5 Å². The molecule has 166 valence electrons. The molecule has 1 atom stereocenters. The van der Waals surface area contributed by atoms with E-state index in [-0.39, 0.29) is 17.4 Å². The van der Waals surface area contributed by atoms with Crippen molar-refractivity contribution in [1.82, 2.24) is 4.98 Å². The van der Waals surface area contributed by atoms with Crippen LogP contribution in [-0.4, -0.2) is 21.9 Å². The van der Waals surface area contributed by atoms with Crippen molar-refractivity contribution in [2.45, 2.75) is 65.4 Å². The van der Waals surface area contributed by atoms with Gasteiger partial charge in [0.1, 0.15) is 23.3 Å². The van der Waals surface area contributed by atoms with Crippen LogP contribution in [0.3, 0.4) is 0 Å². The van der Waals surface area contributed by atoms with Gasteiger partial charge < -0.3 is 14.3 Å². The summed E-state index contributed by atoms with van der Waals surface area (Å²) in [6.45, 7) is 17.8. The van der Waals surface area contributed by atoms with Crippen molar-refractivity contribution in [3.05, 3.63) is 90.2 Å². The van der Waals surface area contributed by atoms with Crippen molar-refractivity contribution in [2.24, 2.45) is 4.99 Å². The number of rotatable bonds is 11. The number of aliphatic imine (C=N–C) groups is 1. The van der Waals surface area contributed by atoms with Crippen molar-refractivity contribution in [3.63, 3.8) is 0 Å². The zero-order valence-corrected chi connectivity index (χ0v) is 19.3. The van der Waals surface area contributed by atoms with Gasteiger partial charge in [-0.2, -0.15) is 0 Å². The van der Waals surface area contributed by atoms with Gasteiger partial charge in [-0.05, 0) is 51.7 Å². The topological polar surface area (TPSA) is 67.9 Å². The molecule has 0 saturated carbocycles. The number of nitrogens with zero attached hydrogens (tertiary/aromatic N) is 2. The molecule has 2 aromatic rings. The van der Waals surface area contributed by atoms with Crippen molar-refractivity contribution in [1.29, 1.82) is 0 Å².